The number of aliphatic imine (C=N–C) groups is 1. The van der Waals surface area contributed by atoms with Gasteiger partial charge in [-0.25, -0.2) is 0 Å². The predicted octanol–water partition coefficient (Wildman–Crippen LogP) is 2.26. The number of methoxy groups -OCH3 is 1. The molecule has 1 aliphatic rings. The maximum Gasteiger partial charge on any atom is 0.193 e. The van der Waals surface area contributed by atoms with Gasteiger partial charge >= 0.3 is 0 Å². The van der Waals surface area contributed by atoms with E-state index in [0.717, 1.165) is 37.0 Å². The number of ether oxygens (including phenoxy) is 2. The Hall–Kier alpha value is -2.70. The molecule has 2 atom stereocenters. The third-order valence-corrected chi connectivity index (χ3v) is 4.84. The van der Waals surface area contributed by atoms with E-state index < -0.39 is 0 Å². The molecule has 0 radical (unpaired) electrons. The highest BCUT2D eigenvalue weighted by Crippen LogP contribution is 2.26. The quantitative estimate of drug-likeness (QED) is 0.623. The van der Waals surface area contributed by atoms with Gasteiger partial charge in [-0.3, -0.25) is 9.67 Å². The van der Waals surface area contributed by atoms with Crippen molar-refractivity contribution >= 4 is 5.96 Å². The van der Waals surface area contributed by atoms with Gasteiger partial charge in [0.25, 0.3) is 0 Å². The molecule has 7 heteroatoms. The second kappa shape index (κ2) is 8.79. The monoisotopic (exact) mass is 371 g/mol. The van der Waals surface area contributed by atoms with Gasteiger partial charge in [0.1, 0.15) is 17.6 Å². The first-order valence-electron chi connectivity index (χ1n) is 9.34. The lowest BCUT2D eigenvalue weighted by Crippen LogP contribution is -2.43. The first-order chi connectivity index (χ1) is 13.1. The number of nitrogens with zero attached hydrogens (tertiary/aromatic N) is 4. The van der Waals surface area contributed by atoms with Gasteiger partial charge in [0.05, 0.1) is 19.9 Å². The Balaban J connectivity index is 1.48. The van der Waals surface area contributed by atoms with E-state index in [9.17, 15) is 0 Å². The summed E-state index contributed by atoms with van der Waals surface area (Å²) in [5, 5.41) is 7.73. The Morgan fingerprint density at radius 3 is 2.70 bits per heavy atom. The molecule has 3 rings (SSSR count). The molecular formula is C20H29N5O2. The molecule has 2 heterocycles. The molecule has 2 aromatic rings. The van der Waals surface area contributed by atoms with Crippen molar-refractivity contribution in [2.75, 3.05) is 33.8 Å². The minimum Gasteiger partial charge on any atom is -0.497 e. The molecule has 146 valence electrons. The minimum atomic E-state index is 0.0202. The lowest BCUT2D eigenvalue weighted by Gasteiger charge is -2.23. The van der Waals surface area contributed by atoms with Crippen LogP contribution < -0.4 is 14.8 Å². The van der Waals surface area contributed by atoms with E-state index in [2.05, 4.69) is 26.5 Å². The molecular weight excluding hydrogens is 342 g/mol. The number of hydrogen-bond donors (Lipinski definition) is 1. The van der Waals surface area contributed by atoms with E-state index in [-0.39, 0.29) is 6.10 Å². The van der Waals surface area contributed by atoms with Gasteiger partial charge in [0.2, 0.25) is 0 Å². The van der Waals surface area contributed by atoms with Gasteiger partial charge < -0.3 is 19.7 Å². The standard InChI is InChI=1S/C20H29N5O2/c1-15(27-19-7-5-18(26-4)6-8-19)11-22-20(21-2)25-10-9-16(14-25)17-12-23-24(3)13-17/h5-8,12-13,15-16H,9-11,14H2,1-4H3,(H,21,22). The Labute approximate surface area is 161 Å². The van der Waals surface area contributed by atoms with Gasteiger partial charge in [-0.1, -0.05) is 0 Å². The van der Waals surface area contributed by atoms with Gasteiger partial charge in [-0.15, -0.1) is 0 Å². The van der Waals surface area contributed by atoms with Gasteiger partial charge in [0, 0.05) is 39.3 Å². The van der Waals surface area contributed by atoms with Crippen LogP contribution in [-0.2, 0) is 7.05 Å². The van der Waals surface area contributed by atoms with Crippen molar-refractivity contribution in [2.45, 2.75) is 25.4 Å². The number of aryl methyl sites for hydroxylation is 1. The molecule has 7 nitrogen and oxygen atoms in total. The molecule has 1 fully saturated rings. The average Bonchev–Trinajstić information content (AvgIpc) is 3.32. The summed E-state index contributed by atoms with van der Waals surface area (Å²) in [4.78, 5) is 6.75. The molecule has 0 spiro atoms. The van der Waals surface area contributed by atoms with E-state index in [1.807, 2.05) is 56.2 Å². The normalized spacial score (nSPS) is 18.4. The summed E-state index contributed by atoms with van der Waals surface area (Å²) in [5.41, 5.74) is 1.30. The van der Waals surface area contributed by atoms with Crippen LogP contribution in [0.4, 0.5) is 0 Å². The number of likely N-dealkylation sites (tertiary alicyclic amines) is 1. The fraction of sp³-hybridized carbons (Fsp3) is 0.500. The van der Waals surface area contributed by atoms with Crippen molar-refractivity contribution in [3.05, 3.63) is 42.2 Å². The summed E-state index contributed by atoms with van der Waals surface area (Å²) in [6.07, 6.45) is 5.21. The maximum atomic E-state index is 5.96. The minimum absolute atomic E-state index is 0.0202. The van der Waals surface area contributed by atoms with Crippen molar-refractivity contribution < 1.29 is 9.47 Å². The predicted molar refractivity (Wildman–Crippen MR) is 107 cm³/mol. The molecule has 0 aliphatic carbocycles. The topological polar surface area (TPSA) is 63.9 Å². The second-order valence-corrected chi connectivity index (χ2v) is 6.91. The fourth-order valence-electron chi connectivity index (χ4n) is 3.37. The van der Waals surface area contributed by atoms with Crippen LogP contribution in [-0.4, -0.2) is 60.5 Å². The van der Waals surface area contributed by atoms with E-state index in [0.29, 0.717) is 12.5 Å². The third kappa shape index (κ3) is 4.93. The molecule has 0 saturated carbocycles. The Morgan fingerprint density at radius 1 is 1.33 bits per heavy atom. The van der Waals surface area contributed by atoms with Crippen LogP contribution in [0.3, 0.4) is 0 Å². The van der Waals surface area contributed by atoms with E-state index in [4.69, 9.17) is 9.47 Å². The van der Waals surface area contributed by atoms with Crippen molar-refractivity contribution in [1.82, 2.24) is 20.0 Å². The zero-order valence-electron chi connectivity index (χ0n) is 16.6. The molecule has 2 unspecified atom stereocenters. The Morgan fingerprint density at radius 2 is 2.07 bits per heavy atom. The molecule has 27 heavy (non-hydrogen) atoms. The Bertz CT molecular complexity index is 756. The number of nitrogens with one attached hydrogen (secondary N) is 1. The summed E-state index contributed by atoms with van der Waals surface area (Å²) in [6, 6.07) is 7.64. The number of guanidine groups is 1. The van der Waals surface area contributed by atoms with Crippen LogP contribution in [0.25, 0.3) is 0 Å². The summed E-state index contributed by atoms with van der Waals surface area (Å²) in [6.45, 7) is 4.69. The SMILES string of the molecule is CN=C(NCC(C)Oc1ccc(OC)cc1)N1CCC(c2cnn(C)c2)C1. The third-order valence-electron chi connectivity index (χ3n) is 4.84. The van der Waals surface area contributed by atoms with Gasteiger partial charge in [0.15, 0.2) is 5.96 Å². The summed E-state index contributed by atoms with van der Waals surface area (Å²) >= 11 is 0. The highest BCUT2D eigenvalue weighted by Gasteiger charge is 2.27. The maximum absolute atomic E-state index is 5.96. The first-order valence-corrected chi connectivity index (χ1v) is 9.34. The molecule has 0 bridgehead atoms. The molecule has 0 amide bonds. The van der Waals surface area contributed by atoms with Crippen molar-refractivity contribution in [3.63, 3.8) is 0 Å². The number of rotatable bonds is 6. The van der Waals surface area contributed by atoms with E-state index >= 15 is 0 Å². The van der Waals surface area contributed by atoms with Crippen LogP contribution in [0, 0.1) is 0 Å². The zero-order chi connectivity index (χ0) is 19.2. The van der Waals surface area contributed by atoms with Crippen LogP contribution in [0.2, 0.25) is 0 Å². The molecule has 1 aromatic carbocycles. The summed E-state index contributed by atoms with van der Waals surface area (Å²) < 4.78 is 13.0. The zero-order valence-corrected chi connectivity index (χ0v) is 16.6. The van der Waals surface area contributed by atoms with E-state index in [1.165, 1.54) is 5.56 Å². The molecule has 1 aromatic heterocycles. The van der Waals surface area contributed by atoms with Crippen molar-refractivity contribution in [2.24, 2.45) is 12.0 Å². The lowest BCUT2D eigenvalue weighted by molar-refractivity contribution is 0.222. The number of aromatic nitrogens is 2. The van der Waals surface area contributed by atoms with E-state index in [1.54, 1.807) is 7.11 Å². The fourth-order valence-corrected chi connectivity index (χ4v) is 3.37. The molecule has 1 aliphatic heterocycles. The average molecular weight is 371 g/mol. The summed E-state index contributed by atoms with van der Waals surface area (Å²) in [5.74, 6) is 3.08. The molecule has 1 N–H and O–H groups in total. The van der Waals surface area contributed by atoms with Crippen molar-refractivity contribution in [1.29, 1.82) is 0 Å². The summed E-state index contributed by atoms with van der Waals surface area (Å²) in [7, 11) is 5.45. The largest absolute Gasteiger partial charge is 0.497 e. The van der Waals surface area contributed by atoms with Crippen LogP contribution >= 0.6 is 0 Å². The van der Waals surface area contributed by atoms with Crippen LogP contribution in [0.1, 0.15) is 24.8 Å². The Kier molecular flexibility index (Phi) is 6.21. The highest BCUT2D eigenvalue weighted by molar-refractivity contribution is 5.80. The number of benzene rings is 1. The smallest absolute Gasteiger partial charge is 0.193 e. The van der Waals surface area contributed by atoms with Crippen LogP contribution in [0.15, 0.2) is 41.7 Å². The highest BCUT2D eigenvalue weighted by atomic mass is 16.5. The second-order valence-electron chi connectivity index (χ2n) is 6.91. The van der Waals surface area contributed by atoms with Crippen molar-refractivity contribution in [3.8, 4) is 11.5 Å². The van der Waals surface area contributed by atoms with Gasteiger partial charge in [-0.2, -0.15) is 5.10 Å². The van der Waals surface area contributed by atoms with Gasteiger partial charge in [-0.05, 0) is 43.2 Å². The number of hydrogen-bond acceptors (Lipinski definition) is 4. The first kappa shape index (κ1) is 19.1. The molecule has 1 saturated heterocycles. The lowest BCUT2D eigenvalue weighted by atomic mass is 10.0. The van der Waals surface area contributed by atoms with Crippen LogP contribution in [0.5, 0.6) is 11.5 Å².